The molecule has 3 aromatic rings. The van der Waals surface area contributed by atoms with Crippen LogP contribution in [0.4, 0.5) is 0 Å². The van der Waals surface area contributed by atoms with Crippen LogP contribution >= 0.6 is 0 Å². The summed E-state index contributed by atoms with van der Waals surface area (Å²) in [5.41, 5.74) is 7.02. The Bertz CT molecular complexity index is 1050. The van der Waals surface area contributed by atoms with Gasteiger partial charge in [-0.25, -0.2) is 0 Å². The first-order valence-corrected chi connectivity index (χ1v) is 10.8. The summed E-state index contributed by atoms with van der Waals surface area (Å²) in [5.74, 6) is 0. The van der Waals surface area contributed by atoms with E-state index < -0.39 is 0 Å². The Kier molecular flexibility index (Phi) is 6.41. The predicted octanol–water partition coefficient (Wildman–Crippen LogP) is 4.93. The van der Waals surface area contributed by atoms with Crippen LogP contribution in [0.15, 0.2) is 54.9 Å². The number of hydrogen-bond acceptors (Lipinski definition) is 5. The number of nitriles is 1. The van der Waals surface area contributed by atoms with Crippen molar-refractivity contribution in [3.63, 3.8) is 0 Å². The number of aliphatic hydroxyl groups is 1. The molecule has 0 bridgehead atoms. The molecule has 0 radical (unpaired) electrons. The third-order valence-corrected chi connectivity index (χ3v) is 6.35. The van der Waals surface area contributed by atoms with Gasteiger partial charge < -0.3 is 5.11 Å². The number of aromatic nitrogens is 2. The van der Waals surface area contributed by atoms with Crippen molar-refractivity contribution in [2.24, 2.45) is 0 Å². The molecule has 1 aliphatic rings. The number of pyridine rings is 2. The van der Waals surface area contributed by atoms with E-state index in [1.54, 1.807) is 6.07 Å². The van der Waals surface area contributed by atoms with Crippen LogP contribution < -0.4 is 0 Å². The average Bonchev–Trinajstić information content (AvgIpc) is 2.80. The van der Waals surface area contributed by atoms with E-state index in [1.165, 1.54) is 11.1 Å². The van der Waals surface area contributed by atoms with E-state index in [9.17, 15) is 10.4 Å². The summed E-state index contributed by atoms with van der Waals surface area (Å²) >= 11 is 0. The number of piperidine rings is 1. The number of nitrogens with zero attached hydrogens (tertiary/aromatic N) is 4. The van der Waals surface area contributed by atoms with Crippen molar-refractivity contribution in [3.8, 4) is 6.07 Å². The molecule has 0 unspecified atom stereocenters. The first-order chi connectivity index (χ1) is 15.1. The Morgan fingerprint density at radius 1 is 0.968 bits per heavy atom. The summed E-state index contributed by atoms with van der Waals surface area (Å²) in [7, 11) is 0. The van der Waals surface area contributed by atoms with Crippen molar-refractivity contribution < 1.29 is 5.11 Å². The molecule has 31 heavy (non-hydrogen) atoms. The molecule has 0 aliphatic carbocycles. The molecule has 4 rings (SSSR count). The van der Waals surface area contributed by atoms with Crippen molar-refractivity contribution in [1.82, 2.24) is 14.9 Å². The minimum absolute atomic E-state index is 0.0841. The van der Waals surface area contributed by atoms with Gasteiger partial charge in [0.15, 0.2) is 0 Å². The minimum atomic E-state index is -0.0841. The van der Waals surface area contributed by atoms with Gasteiger partial charge in [0.1, 0.15) is 0 Å². The van der Waals surface area contributed by atoms with Crippen molar-refractivity contribution >= 4 is 0 Å². The van der Waals surface area contributed by atoms with E-state index >= 15 is 0 Å². The third kappa shape index (κ3) is 4.36. The van der Waals surface area contributed by atoms with Crippen LogP contribution in [0.3, 0.4) is 0 Å². The predicted molar refractivity (Wildman–Crippen MR) is 120 cm³/mol. The minimum Gasteiger partial charge on any atom is -0.392 e. The zero-order valence-electron chi connectivity index (χ0n) is 18.1. The molecule has 5 nitrogen and oxygen atoms in total. The van der Waals surface area contributed by atoms with Crippen LogP contribution in [-0.2, 0) is 13.2 Å². The monoisotopic (exact) mass is 412 g/mol. The van der Waals surface area contributed by atoms with E-state index in [2.05, 4.69) is 36.9 Å². The van der Waals surface area contributed by atoms with Gasteiger partial charge in [-0.05, 0) is 79.6 Å². The molecular formula is C26H28N4O. The molecule has 1 aliphatic heterocycles. The van der Waals surface area contributed by atoms with E-state index in [0.717, 1.165) is 41.8 Å². The van der Waals surface area contributed by atoms with Gasteiger partial charge in [-0.1, -0.05) is 18.2 Å². The Morgan fingerprint density at radius 2 is 1.58 bits per heavy atom. The summed E-state index contributed by atoms with van der Waals surface area (Å²) < 4.78 is 0. The average molecular weight is 413 g/mol. The Morgan fingerprint density at radius 3 is 2.10 bits per heavy atom. The lowest BCUT2D eigenvalue weighted by Gasteiger charge is -2.43. The number of rotatable bonds is 5. The van der Waals surface area contributed by atoms with E-state index in [-0.39, 0.29) is 18.7 Å². The van der Waals surface area contributed by atoms with Gasteiger partial charge in [-0.15, -0.1) is 0 Å². The molecule has 2 aromatic heterocycles. The fourth-order valence-electron chi connectivity index (χ4n) is 4.75. The van der Waals surface area contributed by atoms with Gasteiger partial charge in [-0.3, -0.25) is 14.9 Å². The normalized spacial score (nSPS) is 19.2. The maximum atomic E-state index is 9.97. The zero-order chi connectivity index (χ0) is 21.8. The van der Waals surface area contributed by atoms with Gasteiger partial charge in [0.05, 0.1) is 41.7 Å². The zero-order valence-corrected chi connectivity index (χ0v) is 18.1. The molecule has 1 N–H and O–H groups in total. The Hall–Kier alpha value is -3.07. The van der Waals surface area contributed by atoms with Crippen molar-refractivity contribution in [2.45, 2.75) is 58.3 Å². The number of aryl methyl sites for hydroxylation is 2. The van der Waals surface area contributed by atoms with E-state index in [0.29, 0.717) is 12.1 Å². The van der Waals surface area contributed by atoms with Gasteiger partial charge in [0, 0.05) is 18.9 Å². The number of likely N-dealkylation sites (tertiary alicyclic amines) is 1. The highest BCUT2D eigenvalue weighted by molar-refractivity contribution is 5.38. The second kappa shape index (κ2) is 9.38. The lowest BCUT2D eigenvalue weighted by Crippen LogP contribution is -2.37. The summed E-state index contributed by atoms with van der Waals surface area (Å²) in [6, 6.07) is 16.3. The second-order valence-electron chi connectivity index (χ2n) is 8.30. The molecule has 158 valence electrons. The molecule has 2 atom stereocenters. The quantitative estimate of drug-likeness (QED) is 0.643. The lowest BCUT2D eigenvalue weighted by molar-refractivity contribution is 0.0672. The molecule has 1 fully saturated rings. The largest absolute Gasteiger partial charge is 0.392 e. The SMILES string of the molecule is Cc1cccnc1[C@H]1CCC[C@@H](c2ncccc2C)N1Cc1ccc(C#N)cc1CO. The van der Waals surface area contributed by atoms with Crippen molar-refractivity contribution in [2.75, 3.05) is 0 Å². The fourth-order valence-corrected chi connectivity index (χ4v) is 4.75. The lowest BCUT2D eigenvalue weighted by atomic mass is 9.88. The molecule has 1 aromatic carbocycles. The second-order valence-corrected chi connectivity index (χ2v) is 8.30. The van der Waals surface area contributed by atoms with E-state index in [1.807, 2.05) is 36.7 Å². The first-order valence-electron chi connectivity index (χ1n) is 10.8. The van der Waals surface area contributed by atoms with Crippen LogP contribution in [0.5, 0.6) is 0 Å². The standard InChI is InChI=1S/C26H28N4O/c1-18-6-4-12-28-25(18)23-8-3-9-24(26-19(2)7-5-13-29-26)30(23)16-21-11-10-20(15-27)14-22(21)17-31/h4-7,10-14,23-24,31H,3,8-9,16-17H2,1-2H3/t23-,24+. The highest BCUT2D eigenvalue weighted by Gasteiger charge is 2.35. The maximum Gasteiger partial charge on any atom is 0.0991 e. The summed E-state index contributed by atoms with van der Waals surface area (Å²) in [6.45, 7) is 4.83. The molecule has 0 spiro atoms. The van der Waals surface area contributed by atoms with Gasteiger partial charge in [-0.2, -0.15) is 5.26 Å². The first kappa shape index (κ1) is 21.2. The Balaban J connectivity index is 1.79. The molecule has 3 heterocycles. The van der Waals surface area contributed by atoms with Crippen LogP contribution in [0.2, 0.25) is 0 Å². The molecule has 0 amide bonds. The number of benzene rings is 1. The van der Waals surface area contributed by atoms with Gasteiger partial charge >= 0.3 is 0 Å². The summed E-state index contributed by atoms with van der Waals surface area (Å²) in [4.78, 5) is 12.0. The highest BCUT2D eigenvalue weighted by Crippen LogP contribution is 2.43. The Labute approximate surface area is 184 Å². The van der Waals surface area contributed by atoms with Crippen molar-refractivity contribution in [3.05, 3.63) is 94.1 Å². The van der Waals surface area contributed by atoms with Gasteiger partial charge in [0.25, 0.3) is 0 Å². The number of aliphatic hydroxyl groups excluding tert-OH is 1. The van der Waals surface area contributed by atoms with Crippen LogP contribution in [0.1, 0.15) is 70.6 Å². The summed E-state index contributed by atoms with van der Waals surface area (Å²) in [5, 5.41) is 19.2. The highest BCUT2D eigenvalue weighted by atomic mass is 16.3. The van der Waals surface area contributed by atoms with Crippen LogP contribution in [0.25, 0.3) is 0 Å². The van der Waals surface area contributed by atoms with Gasteiger partial charge in [0.2, 0.25) is 0 Å². The third-order valence-electron chi connectivity index (χ3n) is 6.35. The smallest absolute Gasteiger partial charge is 0.0991 e. The molecular weight excluding hydrogens is 384 g/mol. The maximum absolute atomic E-state index is 9.97. The molecule has 0 saturated carbocycles. The van der Waals surface area contributed by atoms with E-state index in [4.69, 9.17) is 9.97 Å². The molecule has 5 heteroatoms. The van der Waals surface area contributed by atoms with Crippen LogP contribution in [-0.4, -0.2) is 20.0 Å². The molecule has 1 saturated heterocycles. The topological polar surface area (TPSA) is 73.0 Å². The summed E-state index contributed by atoms with van der Waals surface area (Å²) in [6.07, 6.45) is 6.92. The number of hydrogen-bond donors (Lipinski definition) is 1. The van der Waals surface area contributed by atoms with Crippen molar-refractivity contribution in [1.29, 1.82) is 5.26 Å². The fraction of sp³-hybridized carbons (Fsp3) is 0.346. The van der Waals surface area contributed by atoms with Crippen LogP contribution in [0, 0.1) is 25.2 Å².